The minimum Gasteiger partial charge on any atom is -0.481 e. The van der Waals surface area contributed by atoms with E-state index in [1.165, 1.54) is 0 Å². The summed E-state index contributed by atoms with van der Waals surface area (Å²) in [6.45, 7) is 5.51. The molecule has 4 aromatic rings. The summed E-state index contributed by atoms with van der Waals surface area (Å²) in [5.74, 6) is 1.02. The zero-order valence-electron chi connectivity index (χ0n) is 23.5. The van der Waals surface area contributed by atoms with E-state index in [4.69, 9.17) is 43.4 Å². The molecule has 0 unspecified atom stereocenters. The molecule has 2 heterocycles. The van der Waals surface area contributed by atoms with Crippen molar-refractivity contribution in [1.29, 1.82) is 0 Å². The average molecular weight is 581 g/mol. The first-order valence-corrected chi connectivity index (χ1v) is 13.9. The van der Waals surface area contributed by atoms with Crippen molar-refractivity contribution in [3.63, 3.8) is 0 Å². The summed E-state index contributed by atoms with van der Waals surface area (Å²) in [6, 6.07) is 19.1. The maximum Gasteiger partial charge on any atom is 0.218 e. The van der Waals surface area contributed by atoms with Crippen molar-refractivity contribution in [2.45, 2.75) is 51.7 Å². The lowest BCUT2D eigenvalue weighted by Gasteiger charge is -2.17. The number of aryl methyl sites for hydroxylation is 1. The Hall–Kier alpha value is -3.16. The second-order valence-corrected chi connectivity index (χ2v) is 11.2. The standard InChI is InChI=1S/C32H35Cl2N3O3/c1-19(35)21-15-17-27(37-31(21)40-5)25-13-7-11-23(29(25)34)22-10-6-12-24(28(22)33)26-16-14-20(30(36-26)39-4)9-8-18-32(2,3)38/h6-7,10-17,19,38H,8-9,18,35H2,1-5H3/t19-/m0/s1. The topological polar surface area (TPSA) is 90.5 Å². The smallest absolute Gasteiger partial charge is 0.218 e. The number of pyridine rings is 2. The molecule has 0 spiro atoms. The number of halogens is 2. The van der Waals surface area contributed by atoms with Crippen molar-refractivity contribution < 1.29 is 14.6 Å². The zero-order valence-corrected chi connectivity index (χ0v) is 25.0. The first-order valence-electron chi connectivity index (χ1n) is 13.2. The van der Waals surface area contributed by atoms with Crippen LogP contribution in [0.15, 0.2) is 60.7 Å². The van der Waals surface area contributed by atoms with Crippen molar-refractivity contribution in [3.8, 4) is 45.4 Å². The molecule has 8 heteroatoms. The van der Waals surface area contributed by atoms with Gasteiger partial charge in [0.15, 0.2) is 0 Å². The fraction of sp³-hybridized carbons (Fsp3) is 0.312. The van der Waals surface area contributed by atoms with E-state index in [-0.39, 0.29) is 6.04 Å². The highest BCUT2D eigenvalue weighted by atomic mass is 35.5. The lowest BCUT2D eigenvalue weighted by molar-refractivity contribution is 0.0689. The molecule has 0 bridgehead atoms. The fourth-order valence-electron chi connectivity index (χ4n) is 4.68. The highest BCUT2D eigenvalue weighted by molar-refractivity contribution is 6.39. The van der Waals surface area contributed by atoms with Gasteiger partial charge in [-0.3, -0.25) is 0 Å². The molecule has 0 aliphatic rings. The van der Waals surface area contributed by atoms with Gasteiger partial charge in [0.25, 0.3) is 0 Å². The average Bonchev–Trinajstić information content (AvgIpc) is 2.92. The Labute approximate surface area is 246 Å². The van der Waals surface area contributed by atoms with Crippen LogP contribution in [0.4, 0.5) is 0 Å². The van der Waals surface area contributed by atoms with Gasteiger partial charge in [0.1, 0.15) is 0 Å². The number of ether oxygens (including phenoxy) is 2. The molecular weight excluding hydrogens is 545 g/mol. The number of hydrogen-bond acceptors (Lipinski definition) is 6. The Morgan fingerprint density at radius 3 is 1.80 bits per heavy atom. The molecule has 0 radical (unpaired) electrons. The van der Waals surface area contributed by atoms with Gasteiger partial charge in [-0.1, -0.05) is 65.7 Å². The first kappa shape index (κ1) is 29.8. The molecule has 0 aliphatic heterocycles. The molecule has 6 nitrogen and oxygen atoms in total. The van der Waals surface area contributed by atoms with Crippen LogP contribution >= 0.6 is 23.2 Å². The SMILES string of the molecule is COc1nc(-c2cccc(-c3cccc(-c4ccc([C@H](C)N)c(OC)n4)c3Cl)c2Cl)ccc1CCCC(C)(C)O. The van der Waals surface area contributed by atoms with Crippen LogP contribution in [-0.2, 0) is 6.42 Å². The molecule has 2 aromatic carbocycles. The fourth-order valence-corrected chi connectivity index (χ4v) is 5.33. The number of rotatable bonds is 10. The van der Waals surface area contributed by atoms with Crippen LogP contribution in [0.1, 0.15) is 50.8 Å². The van der Waals surface area contributed by atoms with Crippen LogP contribution in [0.5, 0.6) is 11.8 Å². The Morgan fingerprint density at radius 2 is 1.30 bits per heavy atom. The van der Waals surface area contributed by atoms with Gasteiger partial charge in [0, 0.05) is 39.4 Å². The quantitative estimate of drug-likeness (QED) is 0.198. The molecule has 210 valence electrons. The molecule has 40 heavy (non-hydrogen) atoms. The molecule has 0 amide bonds. The van der Waals surface area contributed by atoms with E-state index in [1.54, 1.807) is 14.2 Å². The number of nitrogens with two attached hydrogens (primary N) is 1. The van der Waals surface area contributed by atoms with Crippen molar-refractivity contribution in [2.24, 2.45) is 5.73 Å². The van der Waals surface area contributed by atoms with Crippen LogP contribution in [0.2, 0.25) is 10.0 Å². The Balaban J connectivity index is 1.71. The maximum absolute atomic E-state index is 10.0. The van der Waals surface area contributed by atoms with E-state index in [9.17, 15) is 5.11 Å². The molecule has 0 aliphatic carbocycles. The van der Waals surface area contributed by atoms with Gasteiger partial charge < -0.3 is 20.3 Å². The molecular formula is C32H35Cl2N3O3. The second-order valence-electron chi connectivity index (χ2n) is 10.4. The molecule has 1 atom stereocenters. The van der Waals surface area contributed by atoms with Crippen LogP contribution in [0.25, 0.3) is 33.6 Å². The van der Waals surface area contributed by atoms with E-state index in [2.05, 4.69) is 4.98 Å². The summed E-state index contributed by atoms with van der Waals surface area (Å²) in [5.41, 5.74) is 11.6. The Morgan fingerprint density at radius 1 is 0.800 bits per heavy atom. The molecule has 0 saturated heterocycles. The van der Waals surface area contributed by atoms with Gasteiger partial charge >= 0.3 is 0 Å². The van der Waals surface area contributed by atoms with Gasteiger partial charge in [-0.15, -0.1) is 0 Å². The van der Waals surface area contributed by atoms with Crippen molar-refractivity contribution in [1.82, 2.24) is 9.97 Å². The minimum atomic E-state index is -0.707. The first-order chi connectivity index (χ1) is 19.0. The van der Waals surface area contributed by atoms with E-state index < -0.39 is 5.60 Å². The number of nitrogens with zero attached hydrogens (tertiary/aromatic N) is 2. The largest absolute Gasteiger partial charge is 0.481 e. The summed E-state index contributed by atoms with van der Waals surface area (Å²) in [4.78, 5) is 9.44. The summed E-state index contributed by atoms with van der Waals surface area (Å²) >= 11 is 14.0. The number of benzene rings is 2. The van der Waals surface area contributed by atoms with Gasteiger partial charge in [-0.25, -0.2) is 9.97 Å². The summed E-state index contributed by atoms with van der Waals surface area (Å²) in [7, 11) is 3.19. The summed E-state index contributed by atoms with van der Waals surface area (Å²) < 4.78 is 11.1. The highest BCUT2D eigenvalue weighted by Crippen LogP contribution is 2.42. The van der Waals surface area contributed by atoms with Gasteiger partial charge in [-0.05, 0) is 58.2 Å². The van der Waals surface area contributed by atoms with Crippen LogP contribution < -0.4 is 15.2 Å². The van der Waals surface area contributed by atoms with Crippen LogP contribution in [0, 0.1) is 0 Å². The molecule has 3 N–H and O–H groups in total. The normalized spacial score (nSPS) is 12.3. The maximum atomic E-state index is 10.0. The molecule has 0 fully saturated rings. The van der Waals surface area contributed by atoms with Crippen LogP contribution in [0.3, 0.4) is 0 Å². The zero-order chi connectivity index (χ0) is 29.0. The van der Waals surface area contributed by atoms with Crippen molar-refractivity contribution in [2.75, 3.05) is 14.2 Å². The molecule has 2 aromatic heterocycles. The Kier molecular flexibility index (Phi) is 9.37. The lowest BCUT2D eigenvalue weighted by atomic mass is 9.97. The third-order valence-corrected chi connectivity index (χ3v) is 7.59. The van der Waals surface area contributed by atoms with Gasteiger partial charge in [0.05, 0.1) is 41.3 Å². The number of methoxy groups -OCH3 is 2. The second kappa shape index (κ2) is 12.6. The predicted molar refractivity (Wildman–Crippen MR) is 163 cm³/mol. The summed E-state index contributed by atoms with van der Waals surface area (Å²) in [6.07, 6.45) is 2.26. The molecule has 0 saturated carbocycles. The van der Waals surface area contributed by atoms with Crippen molar-refractivity contribution >= 4 is 23.2 Å². The van der Waals surface area contributed by atoms with E-state index in [1.807, 2.05) is 81.4 Å². The molecule has 4 rings (SSSR count). The third-order valence-electron chi connectivity index (χ3n) is 6.78. The van der Waals surface area contributed by atoms with E-state index in [0.29, 0.717) is 39.6 Å². The van der Waals surface area contributed by atoms with Crippen LogP contribution in [-0.4, -0.2) is 34.9 Å². The van der Waals surface area contributed by atoms with E-state index >= 15 is 0 Å². The highest BCUT2D eigenvalue weighted by Gasteiger charge is 2.19. The summed E-state index contributed by atoms with van der Waals surface area (Å²) in [5, 5.41) is 11.1. The lowest BCUT2D eigenvalue weighted by Crippen LogP contribution is -2.18. The van der Waals surface area contributed by atoms with Crippen molar-refractivity contribution in [3.05, 3.63) is 81.8 Å². The number of aliphatic hydroxyl groups is 1. The monoisotopic (exact) mass is 579 g/mol. The number of aromatic nitrogens is 2. The third kappa shape index (κ3) is 6.58. The predicted octanol–water partition coefficient (Wildman–Crippen LogP) is 7.91. The van der Waals surface area contributed by atoms with Gasteiger partial charge in [-0.2, -0.15) is 0 Å². The van der Waals surface area contributed by atoms with Gasteiger partial charge in [0.2, 0.25) is 11.8 Å². The number of hydrogen-bond donors (Lipinski definition) is 2. The minimum absolute atomic E-state index is 0.214. The van der Waals surface area contributed by atoms with E-state index in [0.717, 1.165) is 46.2 Å². The Bertz CT molecular complexity index is 1500.